The summed E-state index contributed by atoms with van der Waals surface area (Å²) < 4.78 is 98.9. The molecule has 0 aromatic rings. The van der Waals surface area contributed by atoms with Crippen molar-refractivity contribution in [2.75, 3.05) is 65.3 Å². The first-order chi connectivity index (χ1) is 58.8. The summed E-state index contributed by atoms with van der Waals surface area (Å²) in [4.78, 5) is 56.7. The number of hydrogen-bond acceptors (Lipinski definition) is 20. The minimum Gasteiger partial charge on any atom is -0.457 e. The topological polar surface area (TPSA) is 243 Å². The summed E-state index contributed by atoms with van der Waals surface area (Å²) in [5, 5.41) is 11.4. The Labute approximate surface area is 790 Å². The average molecular weight is 1890 g/mol. The highest BCUT2D eigenvalue weighted by Gasteiger charge is 2.88. The number of carbonyl (C=O) groups is 4. The lowest BCUT2D eigenvalue weighted by molar-refractivity contribution is -0.246. The summed E-state index contributed by atoms with van der Waals surface area (Å²) >= 11 is 0. The lowest BCUT2D eigenvalue weighted by atomic mass is 9.41. The molecule has 0 bridgehead atoms. The number of esters is 2. The van der Waals surface area contributed by atoms with Crippen LogP contribution in [0.25, 0.3) is 0 Å². The van der Waals surface area contributed by atoms with Crippen LogP contribution in [-0.2, 0) is 74.9 Å². The standard InChI is InChI=1S/C47H81NO9Si.C47H79NO8Si.C6H15N.CH3ClO2S.2CH4/c1-15-58(16-2,17-3)57-39-37-36(29(4)26-31(54-37)38(43(11,12)51)53-30(5)49)44(13)22-23-47-28-46(47)21-20-34(42(9,10)32(46)18-19-33(47)45(39,44)14)55-35-27-48(24-25-52-35)40(50)56-41(6,7)8;1-15-57(16-2,17-3)56-40-39-37(30(6)26-32(53-39)38(29(4)5)52-31(7)49)44(13)22-23-47-28-46(47)21-20-35(43(11,12)33(46)18-19-34(47)45(40,44)14)54-36-27-48(24-25-51-36)41(50)55-42(8,9)10;1-4-7(5-2)6-3;1-5(2,3)4;;/h29,31-39,51H,15-28H2,1-14H3;30,32-40H,4,15-28H2,1-3,5-14H3;4-6H2,1-3H3;1H3;2*1H4/t29-,31-,32+,33+,34+,35+,36+,37+,38+,39+,44-,45-,46?,47+;30-,32-,33+,34+,35+,36+,37+,38-,39+,40+,44-,45-,46?,47+;;;;/m11..../s1. The van der Waals surface area contributed by atoms with Crippen LogP contribution in [-0.4, -0.2) is 225 Å². The third kappa shape index (κ3) is 20.2. The second-order valence-corrected chi connectivity index (χ2v) is 59.8. The normalized spacial score (nSPS) is 40.2. The molecule has 4 aliphatic heterocycles. The first-order valence-electron chi connectivity index (χ1n) is 50.3. The first-order valence-corrected chi connectivity index (χ1v) is 58.1. The summed E-state index contributed by atoms with van der Waals surface area (Å²) in [7, 11) is -2.86. The van der Waals surface area contributed by atoms with Crippen LogP contribution in [0.15, 0.2) is 12.2 Å². The Morgan fingerprint density at radius 2 is 0.860 bits per heavy atom. The van der Waals surface area contributed by atoms with Gasteiger partial charge in [0.25, 0.3) is 0 Å². The van der Waals surface area contributed by atoms with E-state index in [9.17, 15) is 32.7 Å². The van der Waals surface area contributed by atoms with Gasteiger partial charge in [0.05, 0.1) is 87.0 Å². The zero-order valence-electron chi connectivity index (χ0n) is 85.1. The SMILES string of the molecule is C.C.C=C(C)[C@@H](OC(C)=O)[C@H]1C[C@@H](C)[C@H]2[C@H](O1)[C@H](O[Si](CC)(CC)CC)[C@@]1(C)[C@@H]3CC[C@H]4C(C)(C)[C@@H](O[C@H]5CN(C(=O)OC(C)(C)C)CCO5)CCC45C[C@@]35CC[C@]21C.CCN(CC)CC.CC[Si](CC)(CC)O[C@H]1[C@H]2O[C@@H]([C@H](OC(C)=O)C(C)(C)O)C[C@@H](C)[C@@H]2[C@@]2(C)CC[C@@]34CC35CC[C@H](O[C@H]3CN(C(=O)OC(C)(C)C)CCO3)C(C)(C)[C@@H]5CC[C@H]4[C@]12C.CS(=O)(=O)Cl. The molecular weight excluding hydrogens is 1710 g/mol. The van der Waals surface area contributed by atoms with Crippen molar-refractivity contribution < 1.29 is 88.9 Å². The van der Waals surface area contributed by atoms with Crippen LogP contribution >= 0.6 is 10.7 Å². The Kier molecular flexibility index (Phi) is 34.2. The molecule has 0 aromatic carbocycles. The second-order valence-electron chi connectivity index (χ2n) is 47.3. The van der Waals surface area contributed by atoms with Gasteiger partial charge in [-0.25, -0.2) is 18.0 Å². The smallest absolute Gasteiger partial charge is 0.410 e. The number of morpholine rings is 2. The van der Waals surface area contributed by atoms with Gasteiger partial charge < -0.3 is 76.0 Å². The van der Waals surface area contributed by atoms with Crippen LogP contribution in [0.4, 0.5) is 9.59 Å². The molecule has 2 unspecified atom stereocenters. The molecule has 4 heterocycles. The highest BCUT2D eigenvalue weighted by atomic mass is 35.7. The van der Waals surface area contributed by atoms with Gasteiger partial charge in [0.1, 0.15) is 17.3 Å². The van der Waals surface area contributed by atoms with Crippen LogP contribution in [0.3, 0.4) is 0 Å². The molecule has 4 spiro atoms. The van der Waals surface area contributed by atoms with Crippen molar-refractivity contribution in [1.82, 2.24) is 14.7 Å². The number of halogens is 1. The summed E-state index contributed by atoms with van der Waals surface area (Å²) in [5.74, 6) is 2.95. The monoisotopic (exact) mass is 1890 g/mol. The molecule has 10 saturated carbocycles. The Balaban J connectivity index is 0.000000255. The van der Waals surface area contributed by atoms with Gasteiger partial charge >= 0.3 is 24.1 Å². The van der Waals surface area contributed by atoms with Crippen LogP contribution in [0, 0.1) is 101 Å². The second kappa shape index (κ2) is 40.0. The van der Waals surface area contributed by atoms with E-state index in [-0.39, 0.29) is 125 Å². The Hall–Kier alpha value is -2.51. The van der Waals surface area contributed by atoms with Gasteiger partial charge in [-0.05, 0) is 317 Å². The zero-order chi connectivity index (χ0) is 94.6. The predicted octanol–water partition coefficient (Wildman–Crippen LogP) is 22.6. The molecule has 0 aromatic heterocycles. The Bertz CT molecular complexity index is 3930. The third-order valence-corrected chi connectivity index (χ3v) is 47.1. The van der Waals surface area contributed by atoms with E-state index in [2.05, 4.69) is 154 Å². The number of carbonyl (C=O) groups excluding carboxylic acids is 4. The van der Waals surface area contributed by atoms with Crippen LogP contribution in [0.5, 0.6) is 0 Å². The zero-order valence-corrected chi connectivity index (χ0v) is 88.7. The van der Waals surface area contributed by atoms with Crippen molar-refractivity contribution >= 4 is 60.5 Å². The van der Waals surface area contributed by atoms with Crippen LogP contribution in [0.1, 0.15) is 325 Å². The van der Waals surface area contributed by atoms with Crippen molar-refractivity contribution in [2.24, 2.45) is 101 Å². The molecule has 748 valence electrons. The lowest BCUT2D eigenvalue weighted by Crippen LogP contribution is -2.61. The molecule has 14 rings (SSSR count). The summed E-state index contributed by atoms with van der Waals surface area (Å²) in [5.41, 5.74) is -0.461. The Morgan fingerprint density at radius 1 is 0.527 bits per heavy atom. The number of amides is 2. The number of hydrogen-bond donors (Lipinski definition) is 1. The molecule has 2 amide bonds. The molecule has 10 aliphatic carbocycles. The van der Waals surface area contributed by atoms with Crippen LogP contribution in [0.2, 0.25) is 36.3 Å². The number of fused-ring (bicyclic) bond motifs is 8. The van der Waals surface area contributed by atoms with E-state index < -0.39 is 73.4 Å². The van der Waals surface area contributed by atoms with Gasteiger partial charge in [-0.3, -0.25) is 9.59 Å². The van der Waals surface area contributed by atoms with Gasteiger partial charge in [-0.2, -0.15) is 0 Å². The van der Waals surface area contributed by atoms with E-state index >= 15 is 0 Å². The number of aliphatic hydroxyl groups is 1. The fraction of sp³-hybridized carbons (Fsp3) is 0.942. The first kappa shape index (κ1) is 110. The number of nitrogens with zero attached hydrogens (tertiary/aromatic N) is 3. The fourth-order valence-corrected chi connectivity index (χ4v) is 37.1. The van der Waals surface area contributed by atoms with Crippen molar-refractivity contribution in [3.63, 3.8) is 0 Å². The molecule has 28 atom stereocenters. The van der Waals surface area contributed by atoms with E-state index in [0.29, 0.717) is 97.6 Å². The Morgan fingerprint density at radius 3 is 1.17 bits per heavy atom. The fourth-order valence-electron chi connectivity index (χ4n) is 31.3. The molecular formula is C103H186ClN3O19SSi2. The van der Waals surface area contributed by atoms with Crippen molar-refractivity contribution in [3.8, 4) is 0 Å². The van der Waals surface area contributed by atoms with Crippen molar-refractivity contribution in [1.29, 1.82) is 0 Å². The van der Waals surface area contributed by atoms with Crippen molar-refractivity contribution in [2.45, 2.75) is 452 Å². The van der Waals surface area contributed by atoms with Crippen molar-refractivity contribution in [3.05, 3.63) is 12.2 Å². The summed E-state index contributed by atoms with van der Waals surface area (Å²) in [6.07, 6.45) is 15.7. The molecule has 14 fully saturated rings. The maximum Gasteiger partial charge on any atom is 0.410 e. The molecule has 1 N–H and O–H groups in total. The van der Waals surface area contributed by atoms with Gasteiger partial charge in [0.15, 0.2) is 35.3 Å². The van der Waals surface area contributed by atoms with E-state index in [4.69, 9.17) is 56.2 Å². The molecule has 0 radical (unpaired) electrons. The maximum atomic E-state index is 13.0. The summed E-state index contributed by atoms with van der Waals surface area (Å²) in [6, 6.07) is 6.57. The minimum atomic E-state index is -3.19. The van der Waals surface area contributed by atoms with Gasteiger partial charge in [0.2, 0.25) is 9.05 Å². The van der Waals surface area contributed by atoms with E-state index in [1.54, 1.807) is 23.6 Å². The third-order valence-electron chi connectivity index (χ3n) is 37.9. The number of rotatable bonds is 23. The maximum absolute atomic E-state index is 13.0. The number of ether oxygens (including phenoxy) is 10. The van der Waals surface area contributed by atoms with E-state index in [1.165, 1.54) is 104 Å². The molecule has 14 aliphatic rings. The highest BCUT2D eigenvalue weighted by Crippen LogP contribution is 2.92. The molecule has 26 heteroatoms. The highest BCUT2D eigenvalue weighted by molar-refractivity contribution is 8.13. The summed E-state index contributed by atoms with van der Waals surface area (Å²) in [6.45, 7) is 76.3. The van der Waals surface area contributed by atoms with Gasteiger partial charge in [-0.1, -0.05) is 153 Å². The largest absolute Gasteiger partial charge is 0.457 e. The molecule has 129 heavy (non-hydrogen) atoms. The molecule has 22 nitrogen and oxygen atoms in total. The lowest BCUT2D eigenvalue weighted by Gasteiger charge is -2.64. The predicted molar refractivity (Wildman–Crippen MR) is 519 cm³/mol. The molecule has 4 saturated heterocycles. The minimum absolute atomic E-state index is 0. The van der Waals surface area contributed by atoms with Crippen LogP contribution < -0.4 is 0 Å². The van der Waals surface area contributed by atoms with E-state index in [1.807, 2.05) is 48.5 Å². The quantitative estimate of drug-likeness (QED) is 0.0328. The van der Waals surface area contributed by atoms with E-state index in [0.717, 1.165) is 80.2 Å². The van der Waals surface area contributed by atoms with Gasteiger partial charge in [0, 0.05) is 48.4 Å². The van der Waals surface area contributed by atoms with Gasteiger partial charge in [-0.15, -0.1) is 0 Å². The average Bonchev–Trinajstić information content (AvgIpc) is 1.46.